The summed E-state index contributed by atoms with van der Waals surface area (Å²) in [6.07, 6.45) is 4.12. The average Bonchev–Trinajstić information content (AvgIpc) is 2.68. The second-order valence-corrected chi connectivity index (χ2v) is 6.14. The Hall–Kier alpha value is -0.910. The first-order chi connectivity index (χ1) is 9.13. The van der Waals surface area contributed by atoms with Crippen molar-refractivity contribution >= 4 is 35.0 Å². The Morgan fingerprint density at radius 2 is 2.21 bits per heavy atom. The first-order valence-corrected chi connectivity index (χ1v) is 7.35. The molecule has 1 aliphatic heterocycles. The third kappa shape index (κ3) is 2.68. The zero-order valence-electron chi connectivity index (χ0n) is 10.9. The van der Waals surface area contributed by atoms with Gasteiger partial charge in [0.2, 0.25) is 0 Å². The van der Waals surface area contributed by atoms with Gasteiger partial charge in [0.05, 0.1) is 10.5 Å². The van der Waals surface area contributed by atoms with Crippen LogP contribution >= 0.6 is 23.8 Å². The number of hydrogen-bond acceptors (Lipinski definition) is 3. The van der Waals surface area contributed by atoms with E-state index in [1.807, 2.05) is 6.07 Å². The van der Waals surface area contributed by atoms with E-state index in [4.69, 9.17) is 23.8 Å². The molecule has 0 unspecified atom stereocenters. The number of pyridine rings is 1. The number of likely N-dealkylation sites (tertiary alicyclic amines) is 1. The molecule has 3 heterocycles. The number of nitrogens with one attached hydrogen (secondary N) is 1. The van der Waals surface area contributed by atoms with Gasteiger partial charge in [-0.3, -0.25) is 0 Å². The molecule has 0 atom stereocenters. The van der Waals surface area contributed by atoms with Crippen molar-refractivity contribution in [1.29, 1.82) is 0 Å². The molecule has 0 aromatic carbocycles. The summed E-state index contributed by atoms with van der Waals surface area (Å²) >= 11 is 11.4. The van der Waals surface area contributed by atoms with Crippen molar-refractivity contribution in [3.8, 4) is 0 Å². The number of aromatic nitrogens is 3. The largest absolute Gasteiger partial charge is 0.329 e. The molecule has 2 aromatic rings. The molecule has 2 aromatic heterocycles. The Labute approximate surface area is 122 Å². The van der Waals surface area contributed by atoms with Gasteiger partial charge in [-0.05, 0) is 57.2 Å². The maximum absolute atomic E-state index is 5.96. The van der Waals surface area contributed by atoms with Gasteiger partial charge in [0.1, 0.15) is 0 Å². The van der Waals surface area contributed by atoms with Crippen molar-refractivity contribution in [3.63, 3.8) is 0 Å². The number of H-pyrrole nitrogens is 1. The molecule has 1 saturated heterocycles. The number of piperidine rings is 1. The number of hydrogen-bond donors (Lipinski definition) is 1. The summed E-state index contributed by atoms with van der Waals surface area (Å²) in [6.45, 7) is 3.28. The second kappa shape index (κ2) is 5.23. The topological polar surface area (TPSA) is 36.9 Å². The number of aromatic amines is 1. The smallest absolute Gasteiger partial charge is 0.179 e. The molecule has 4 nitrogen and oxygen atoms in total. The molecule has 3 rings (SSSR count). The number of rotatable bonds is 2. The van der Waals surface area contributed by atoms with Gasteiger partial charge in [-0.25, -0.2) is 4.98 Å². The summed E-state index contributed by atoms with van der Waals surface area (Å²) < 4.78 is 2.85. The quantitative estimate of drug-likeness (QED) is 0.865. The molecule has 1 fully saturated rings. The van der Waals surface area contributed by atoms with Gasteiger partial charge in [-0.1, -0.05) is 11.6 Å². The lowest BCUT2D eigenvalue weighted by Gasteiger charge is -2.29. The minimum Gasteiger partial charge on any atom is -0.329 e. The second-order valence-electron chi connectivity index (χ2n) is 5.31. The molecular weight excluding hydrogens is 280 g/mol. The molecule has 1 N–H and O–H groups in total. The molecule has 0 spiro atoms. The number of fused-ring (bicyclic) bond motifs is 1. The molecule has 0 radical (unpaired) electrons. The van der Waals surface area contributed by atoms with Crippen molar-refractivity contribution in [1.82, 2.24) is 19.4 Å². The molecule has 0 saturated carbocycles. The zero-order chi connectivity index (χ0) is 13.4. The van der Waals surface area contributed by atoms with E-state index >= 15 is 0 Å². The van der Waals surface area contributed by atoms with Crippen LogP contribution in [-0.4, -0.2) is 39.6 Å². The van der Waals surface area contributed by atoms with Gasteiger partial charge in [-0.15, -0.1) is 0 Å². The van der Waals surface area contributed by atoms with Crippen LogP contribution in [0.3, 0.4) is 0 Å². The van der Waals surface area contributed by atoms with Crippen LogP contribution < -0.4 is 0 Å². The van der Waals surface area contributed by atoms with Gasteiger partial charge in [0.25, 0.3) is 0 Å². The minimum atomic E-state index is 0.634. The maximum Gasteiger partial charge on any atom is 0.179 e. The van der Waals surface area contributed by atoms with E-state index in [9.17, 15) is 0 Å². The predicted octanol–water partition coefficient (Wildman–Crippen LogP) is 3.09. The molecule has 102 valence electrons. The van der Waals surface area contributed by atoms with Gasteiger partial charge in [0.15, 0.2) is 10.4 Å². The van der Waals surface area contributed by atoms with Crippen molar-refractivity contribution in [2.24, 2.45) is 5.92 Å². The molecule has 1 aliphatic rings. The number of halogens is 1. The van der Waals surface area contributed by atoms with Crippen LogP contribution in [0, 0.1) is 10.7 Å². The lowest BCUT2D eigenvalue weighted by molar-refractivity contribution is 0.205. The van der Waals surface area contributed by atoms with E-state index < -0.39 is 0 Å². The van der Waals surface area contributed by atoms with E-state index in [0.29, 0.717) is 10.9 Å². The summed E-state index contributed by atoms with van der Waals surface area (Å²) in [7, 11) is 2.18. The van der Waals surface area contributed by atoms with Gasteiger partial charge < -0.3 is 14.5 Å². The normalized spacial score (nSPS) is 18.2. The SMILES string of the molecule is CN1CCC(Cn2c(=S)[nH]c3cc(Cl)cnc32)CC1. The van der Waals surface area contributed by atoms with Crippen LogP contribution in [0.15, 0.2) is 12.3 Å². The molecule has 19 heavy (non-hydrogen) atoms. The predicted molar refractivity (Wildman–Crippen MR) is 80.1 cm³/mol. The Morgan fingerprint density at radius 1 is 1.47 bits per heavy atom. The fourth-order valence-corrected chi connectivity index (χ4v) is 3.12. The Kier molecular flexibility index (Phi) is 3.60. The van der Waals surface area contributed by atoms with Crippen molar-refractivity contribution in [2.75, 3.05) is 20.1 Å². The highest BCUT2D eigenvalue weighted by Crippen LogP contribution is 2.22. The van der Waals surface area contributed by atoms with E-state index in [0.717, 1.165) is 22.5 Å². The summed E-state index contributed by atoms with van der Waals surface area (Å²) in [5.41, 5.74) is 1.83. The van der Waals surface area contributed by atoms with E-state index in [1.165, 1.54) is 25.9 Å². The maximum atomic E-state index is 5.96. The van der Waals surface area contributed by atoms with Crippen LogP contribution in [0.4, 0.5) is 0 Å². The molecule has 6 heteroatoms. The fraction of sp³-hybridized carbons (Fsp3) is 0.538. The third-order valence-electron chi connectivity index (χ3n) is 3.85. The lowest BCUT2D eigenvalue weighted by atomic mass is 9.97. The Balaban J connectivity index is 1.88. The Morgan fingerprint density at radius 3 is 2.95 bits per heavy atom. The third-order valence-corrected chi connectivity index (χ3v) is 4.38. The number of imidazole rings is 1. The standard InChI is InChI=1S/C13H17ClN4S/c1-17-4-2-9(3-5-17)8-18-12-11(16-13(18)19)6-10(14)7-15-12/h6-7,9H,2-5,8H2,1H3,(H,16,19). The highest BCUT2D eigenvalue weighted by molar-refractivity contribution is 7.71. The minimum absolute atomic E-state index is 0.634. The first kappa shape index (κ1) is 13.1. The fourth-order valence-electron chi connectivity index (χ4n) is 2.69. The van der Waals surface area contributed by atoms with E-state index in [1.54, 1.807) is 6.20 Å². The van der Waals surface area contributed by atoms with Gasteiger partial charge in [-0.2, -0.15) is 0 Å². The van der Waals surface area contributed by atoms with E-state index in [-0.39, 0.29) is 0 Å². The summed E-state index contributed by atoms with van der Waals surface area (Å²) in [5.74, 6) is 0.680. The monoisotopic (exact) mass is 296 g/mol. The van der Waals surface area contributed by atoms with Gasteiger partial charge >= 0.3 is 0 Å². The molecular formula is C13H17ClN4S. The van der Waals surface area contributed by atoms with Gasteiger partial charge in [0, 0.05) is 12.7 Å². The van der Waals surface area contributed by atoms with Crippen LogP contribution in [0.2, 0.25) is 5.02 Å². The summed E-state index contributed by atoms with van der Waals surface area (Å²) in [5, 5.41) is 0.634. The molecule has 0 aliphatic carbocycles. The van der Waals surface area contributed by atoms with Crippen LogP contribution in [0.1, 0.15) is 12.8 Å². The van der Waals surface area contributed by atoms with Crippen molar-refractivity contribution in [3.05, 3.63) is 22.1 Å². The van der Waals surface area contributed by atoms with Crippen molar-refractivity contribution < 1.29 is 0 Å². The summed E-state index contributed by atoms with van der Waals surface area (Å²) in [4.78, 5) is 9.97. The first-order valence-electron chi connectivity index (χ1n) is 6.56. The zero-order valence-corrected chi connectivity index (χ0v) is 12.5. The Bertz CT molecular complexity index is 640. The van der Waals surface area contributed by atoms with E-state index in [2.05, 4.69) is 26.5 Å². The van der Waals surface area contributed by atoms with Crippen LogP contribution in [0.25, 0.3) is 11.2 Å². The molecule has 0 amide bonds. The highest BCUT2D eigenvalue weighted by atomic mass is 35.5. The molecule has 0 bridgehead atoms. The highest BCUT2D eigenvalue weighted by Gasteiger charge is 2.18. The van der Waals surface area contributed by atoms with Crippen LogP contribution in [-0.2, 0) is 6.54 Å². The van der Waals surface area contributed by atoms with Crippen LogP contribution in [0.5, 0.6) is 0 Å². The lowest BCUT2D eigenvalue weighted by Crippen LogP contribution is -2.31. The van der Waals surface area contributed by atoms with Crippen molar-refractivity contribution in [2.45, 2.75) is 19.4 Å². The average molecular weight is 297 g/mol. The number of nitrogens with zero attached hydrogens (tertiary/aromatic N) is 3. The summed E-state index contributed by atoms with van der Waals surface area (Å²) in [6, 6.07) is 1.88.